The van der Waals surface area contributed by atoms with E-state index in [1.165, 1.54) is 0 Å². The van der Waals surface area contributed by atoms with Crippen LogP contribution in [0.4, 0.5) is 30.5 Å². The van der Waals surface area contributed by atoms with E-state index in [9.17, 15) is 13.2 Å². The molecule has 0 fully saturated rings. The first-order valence-corrected chi connectivity index (χ1v) is 8.64. The van der Waals surface area contributed by atoms with Crippen LogP contribution in [0.15, 0.2) is 60.7 Å². The van der Waals surface area contributed by atoms with Crippen molar-refractivity contribution in [3.8, 4) is 6.01 Å². The molecule has 9 heteroatoms. The maximum Gasteiger partial charge on any atom is 0.422 e. The molecule has 5 nitrogen and oxygen atoms in total. The summed E-state index contributed by atoms with van der Waals surface area (Å²) < 4.78 is 42.1. The van der Waals surface area contributed by atoms with Crippen LogP contribution in [-0.2, 0) is 6.54 Å². The van der Waals surface area contributed by atoms with Crippen molar-refractivity contribution in [2.24, 2.45) is 0 Å². The van der Waals surface area contributed by atoms with Gasteiger partial charge >= 0.3 is 12.2 Å². The highest BCUT2D eigenvalue weighted by Crippen LogP contribution is 2.22. The summed E-state index contributed by atoms with van der Waals surface area (Å²) in [5.41, 5.74) is 1.66. The molecule has 0 atom stereocenters. The van der Waals surface area contributed by atoms with E-state index in [1.54, 1.807) is 30.3 Å². The number of nitrogens with zero attached hydrogens (tertiary/aromatic N) is 2. The highest BCUT2D eigenvalue weighted by molar-refractivity contribution is 6.30. The van der Waals surface area contributed by atoms with Gasteiger partial charge in [0.1, 0.15) is 11.6 Å². The minimum absolute atomic E-state index is 0.303. The summed E-state index contributed by atoms with van der Waals surface area (Å²) in [6, 6.07) is 17.5. The van der Waals surface area contributed by atoms with Crippen molar-refractivity contribution in [2.75, 3.05) is 17.2 Å². The zero-order valence-corrected chi connectivity index (χ0v) is 15.3. The maximum atomic E-state index is 12.5. The van der Waals surface area contributed by atoms with Gasteiger partial charge in [0, 0.05) is 23.3 Å². The monoisotopic (exact) mass is 408 g/mol. The molecule has 0 saturated carbocycles. The van der Waals surface area contributed by atoms with E-state index in [4.69, 9.17) is 16.3 Å². The smallest absolute Gasteiger partial charge is 0.422 e. The van der Waals surface area contributed by atoms with Crippen molar-refractivity contribution >= 4 is 28.9 Å². The van der Waals surface area contributed by atoms with Crippen molar-refractivity contribution in [3.63, 3.8) is 0 Å². The molecule has 146 valence electrons. The van der Waals surface area contributed by atoms with Gasteiger partial charge in [-0.1, -0.05) is 41.9 Å². The van der Waals surface area contributed by atoms with Crippen LogP contribution in [0.5, 0.6) is 6.01 Å². The van der Waals surface area contributed by atoms with E-state index < -0.39 is 12.8 Å². The van der Waals surface area contributed by atoms with Crippen molar-refractivity contribution in [2.45, 2.75) is 12.7 Å². The summed E-state index contributed by atoms with van der Waals surface area (Å²) in [6.07, 6.45) is -4.48. The van der Waals surface area contributed by atoms with Crippen LogP contribution in [0, 0.1) is 0 Å². The molecule has 28 heavy (non-hydrogen) atoms. The fraction of sp³-hybridized carbons (Fsp3) is 0.158. The quantitative estimate of drug-likeness (QED) is 0.546. The number of hydrogen-bond donors (Lipinski definition) is 2. The average Bonchev–Trinajstić information content (AvgIpc) is 2.66. The second-order valence-electron chi connectivity index (χ2n) is 5.80. The molecule has 0 spiro atoms. The summed E-state index contributed by atoms with van der Waals surface area (Å²) >= 11 is 5.86. The molecule has 0 aliphatic carbocycles. The van der Waals surface area contributed by atoms with Crippen molar-refractivity contribution in [1.29, 1.82) is 0 Å². The number of para-hydroxylation sites is 1. The number of alkyl halides is 3. The number of hydrogen-bond acceptors (Lipinski definition) is 5. The normalized spacial score (nSPS) is 11.1. The third kappa shape index (κ3) is 6.31. The molecule has 0 aliphatic rings. The summed E-state index contributed by atoms with van der Waals surface area (Å²) in [5.74, 6) is 0.623. The number of anilines is 3. The fourth-order valence-corrected chi connectivity index (χ4v) is 2.38. The first-order chi connectivity index (χ1) is 13.4. The summed E-state index contributed by atoms with van der Waals surface area (Å²) in [5, 5.41) is 6.68. The van der Waals surface area contributed by atoms with E-state index in [0.717, 1.165) is 11.3 Å². The highest BCUT2D eigenvalue weighted by Gasteiger charge is 2.29. The van der Waals surface area contributed by atoms with Gasteiger partial charge in [0.15, 0.2) is 6.61 Å². The Morgan fingerprint density at radius 3 is 2.29 bits per heavy atom. The van der Waals surface area contributed by atoms with E-state index in [1.807, 2.05) is 30.3 Å². The Kier molecular flexibility index (Phi) is 6.20. The Morgan fingerprint density at radius 1 is 0.929 bits per heavy atom. The molecule has 0 aliphatic heterocycles. The Labute approximate surface area is 164 Å². The van der Waals surface area contributed by atoms with Crippen molar-refractivity contribution < 1.29 is 17.9 Å². The van der Waals surface area contributed by atoms with Crippen LogP contribution in [0.1, 0.15) is 5.56 Å². The third-order valence-corrected chi connectivity index (χ3v) is 3.76. The summed E-state index contributed by atoms with van der Waals surface area (Å²) in [6.45, 7) is -1.07. The number of ether oxygens (including phenoxy) is 1. The fourth-order valence-electron chi connectivity index (χ4n) is 2.25. The van der Waals surface area contributed by atoms with Gasteiger partial charge in [-0.2, -0.15) is 23.1 Å². The molecular formula is C19H16ClF3N4O. The predicted molar refractivity (Wildman–Crippen MR) is 102 cm³/mol. The van der Waals surface area contributed by atoms with Crippen LogP contribution in [0.2, 0.25) is 5.02 Å². The minimum Gasteiger partial charge on any atom is -0.454 e. The molecule has 0 bridgehead atoms. The first kappa shape index (κ1) is 19.8. The van der Waals surface area contributed by atoms with Gasteiger partial charge in [-0.05, 0) is 29.8 Å². The molecule has 0 amide bonds. The summed E-state index contributed by atoms with van der Waals surface area (Å²) in [7, 11) is 0. The van der Waals surface area contributed by atoms with Gasteiger partial charge in [-0.15, -0.1) is 0 Å². The number of nitrogens with one attached hydrogen (secondary N) is 2. The van der Waals surface area contributed by atoms with E-state index in [-0.39, 0.29) is 6.01 Å². The lowest BCUT2D eigenvalue weighted by Crippen LogP contribution is -2.20. The van der Waals surface area contributed by atoms with Gasteiger partial charge in [0.25, 0.3) is 0 Å². The lowest BCUT2D eigenvalue weighted by atomic mass is 10.2. The second-order valence-corrected chi connectivity index (χ2v) is 6.23. The molecule has 1 aromatic heterocycles. The van der Waals surface area contributed by atoms with Crippen LogP contribution in [-0.4, -0.2) is 22.8 Å². The lowest BCUT2D eigenvalue weighted by molar-refractivity contribution is -0.154. The Morgan fingerprint density at radius 2 is 1.61 bits per heavy atom. The molecule has 0 unspecified atom stereocenters. The van der Waals surface area contributed by atoms with E-state index in [0.29, 0.717) is 23.2 Å². The summed E-state index contributed by atoms with van der Waals surface area (Å²) in [4.78, 5) is 8.00. The van der Waals surface area contributed by atoms with Crippen LogP contribution >= 0.6 is 11.6 Å². The second kappa shape index (κ2) is 8.79. The van der Waals surface area contributed by atoms with Crippen LogP contribution < -0.4 is 15.4 Å². The molecule has 3 rings (SSSR count). The molecule has 2 N–H and O–H groups in total. The van der Waals surface area contributed by atoms with Gasteiger partial charge in [-0.25, -0.2) is 0 Å². The van der Waals surface area contributed by atoms with E-state index >= 15 is 0 Å². The van der Waals surface area contributed by atoms with Crippen LogP contribution in [0.25, 0.3) is 0 Å². The molecule has 2 aromatic carbocycles. The Hall–Kier alpha value is -3.00. The van der Waals surface area contributed by atoms with E-state index in [2.05, 4.69) is 20.6 Å². The van der Waals surface area contributed by atoms with Crippen molar-refractivity contribution in [3.05, 3.63) is 71.2 Å². The van der Waals surface area contributed by atoms with Gasteiger partial charge < -0.3 is 15.4 Å². The standard InChI is InChI=1S/C19H16ClF3N4O/c20-14-8-6-13(7-9-14)11-24-16-10-17(25-15-4-2-1-3-5-15)27-18(26-16)28-12-19(21,22)23/h1-10H,11-12H2,(H2,24,25,26,27). The Bertz CT molecular complexity index is 905. The number of aromatic nitrogens is 2. The zero-order valence-electron chi connectivity index (χ0n) is 14.5. The molecular weight excluding hydrogens is 393 g/mol. The largest absolute Gasteiger partial charge is 0.454 e. The topological polar surface area (TPSA) is 59.1 Å². The number of benzene rings is 2. The van der Waals surface area contributed by atoms with Gasteiger partial charge in [0.05, 0.1) is 0 Å². The van der Waals surface area contributed by atoms with Gasteiger partial charge in [0.2, 0.25) is 0 Å². The zero-order chi connectivity index (χ0) is 20.0. The lowest BCUT2D eigenvalue weighted by Gasteiger charge is -2.13. The molecule has 0 saturated heterocycles. The number of rotatable bonds is 7. The predicted octanol–water partition coefficient (Wildman–Crippen LogP) is 5.43. The maximum absolute atomic E-state index is 12.5. The molecule has 1 heterocycles. The SMILES string of the molecule is FC(F)(F)COc1nc(NCc2ccc(Cl)cc2)cc(Nc2ccccc2)n1. The highest BCUT2D eigenvalue weighted by atomic mass is 35.5. The molecule has 3 aromatic rings. The van der Waals surface area contributed by atoms with Gasteiger partial charge in [-0.3, -0.25) is 0 Å². The first-order valence-electron chi connectivity index (χ1n) is 8.26. The average molecular weight is 409 g/mol. The van der Waals surface area contributed by atoms with Crippen molar-refractivity contribution in [1.82, 2.24) is 9.97 Å². The number of halogens is 4. The van der Waals surface area contributed by atoms with Crippen LogP contribution in [0.3, 0.4) is 0 Å². The third-order valence-electron chi connectivity index (χ3n) is 3.50. The Balaban J connectivity index is 1.78. The molecule has 0 radical (unpaired) electrons. The minimum atomic E-state index is -4.48.